The Morgan fingerprint density at radius 1 is 1.00 bits per heavy atom. The Balaban J connectivity index is 1.98. The van der Waals surface area contributed by atoms with Crippen molar-refractivity contribution < 1.29 is 4.74 Å². The fourth-order valence-electron chi connectivity index (χ4n) is 3.13. The van der Waals surface area contributed by atoms with E-state index >= 15 is 0 Å². The van der Waals surface area contributed by atoms with E-state index in [0.717, 1.165) is 39.8 Å². The van der Waals surface area contributed by atoms with Gasteiger partial charge in [-0.1, -0.05) is 11.6 Å². The average Bonchev–Trinajstić information content (AvgIpc) is 2.77. The minimum absolute atomic E-state index is 0.835. The number of aliphatic imine (C=N–C) groups is 1. The number of hydrogen-bond acceptors (Lipinski definition) is 4. The van der Waals surface area contributed by atoms with Crippen molar-refractivity contribution in [3.05, 3.63) is 77.5 Å². The standard InChI is InChI=1S/C21H19N3O/c1-14-6-11-19-17(13-14)20(15-7-9-16(25-3)10-8-15)23-18-5-4-12-22-21(18)24(19)2/h4-13H,1-3H3. The van der Waals surface area contributed by atoms with E-state index in [1.807, 2.05) is 43.4 Å². The Bertz CT molecular complexity index is 961. The minimum atomic E-state index is 0.835. The highest BCUT2D eigenvalue weighted by molar-refractivity contribution is 6.18. The van der Waals surface area contributed by atoms with Gasteiger partial charge >= 0.3 is 0 Å². The first-order valence-corrected chi connectivity index (χ1v) is 8.20. The second-order valence-corrected chi connectivity index (χ2v) is 6.11. The molecule has 1 aliphatic rings. The third-order valence-electron chi connectivity index (χ3n) is 4.45. The molecule has 1 aliphatic heterocycles. The van der Waals surface area contributed by atoms with Gasteiger partial charge in [-0.05, 0) is 55.5 Å². The van der Waals surface area contributed by atoms with Crippen LogP contribution in [0.15, 0.2) is 65.8 Å². The molecule has 0 N–H and O–H groups in total. The second-order valence-electron chi connectivity index (χ2n) is 6.11. The van der Waals surface area contributed by atoms with Crippen LogP contribution in [0.5, 0.6) is 5.75 Å². The van der Waals surface area contributed by atoms with Crippen LogP contribution in [0.1, 0.15) is 16.7 Å². The van der Waals surface area contributed by atoms with Crippen LogP contribution in [0, 0.1) is 6.92 Å². The van der Waals surface area contributed by atoms with Crippen molar-refractivity contribution in [2.24, 2.45) is 4.99 Å². The number of fused-ring (bicyclic) bond motifs is 2. The van der Waals surface area contributed by atoms with Gasteiger partial charge in [0.1, 0.15) is 11.4 Å². The number of anilines is 2. The Morgan fingerprint density at radius 2 is 1.80 bits per heavy atom. The van der Waals surface area contributed by atoms with E-state index in [4.69, 9.17) is 9.73 Å². The lowest BCUT2D eigenvalue weighted by Crippen LogP contribution is -2.14. The summed E-state index contributed by atoms with van der Waals surface area (Å²) in [7, 11) is 3.71. The first-order valence-electron chi connectivity index (χ1n) is 8.20. The summed E-state index contributed by atoms with van der Waals surface area (Å²) in [5.41, 5.74) is 6.26. The molecule has 4 heteroatoms. The van der Waals surface area contributed by atoms with Gasteiger partial charge in [-0.2, -0.15) is 0 Å². The number of ether oxygens (including phenoxy) is 1. The molecule has 3 aromatic rings. The zero-order valence-corrected chi connectivity index (χ0v) is 14.5. The number of nitrogens with zero attached hydrogens (tertiary/aromatic N) is 3. The second kappa shape index (κ2) is 6.06. The maximum Gasteiger partial charge on any atom is 0.158 e. The average molecular weight is 329 g/mol. The number of methoxy groups -OCH3 is 1. The van der Waals surface area contributed by atoms with Gasteiger partial charge in [0, 0.05) is 24.4 Å². The lowest BCUT2D eigenvalue weighted by molar-refractivity contribution is 0.415. The van der Waals surface area contributed by atoms with E-state index in [9.17, 15) is 0 Å². The number of pyridine rings is 1. The molecule has 2 heterocycles. The van der Waals surface area contributed by atoms with Crippen LogP contribution in [-0.2, 0) is 0 Å². The summed E-state index contributed by atoms with van der Waals surface area (Å²) in [6.45, 7) is 2.10. The quantitative estimate of drug-likeness (QED) is 0.687. The minimum Gasteiger partial charge on any atom is -0.497 e. The van der Waals surface area contributed by atoms with Gasteiger partial charge < -0.3 is 9.64 Å². The summed E-state index contributed by atoms with van der Waals surface area (Å²) in [5.74, 6) is 1.69. The number of rotatable bonds is 2. The fourth-order valence-corrected chi connectivity index (χ4v) is 3.13. The monoisotopic (exact) mass is 329 g/mol. The van der Waals surface area contributed by atoms with Gasteiger partial charge in [0.05, 0.1) is 18.5 Å². The van der Waals surface area contributed by atoms with Crippen molar-refractivity contribution in [1.82, 2.24) is 4.98 Å². The van der Waals surface area contributed by atoms with Gasteiger partial charge in [-0.15, -0.1) is 0 Å². The molecule has 0 unspecified atom stereocenters. The lowest BCUT2D eigenvalue weighted by Gasteiger charge is -2.20. The zero-order chi connectivity index (χ0) is 17.4. The normalized spacial score (nSPS) is 12.8. The fraction of sp³-hybridized carbons (Fsp3) is 0.143. The summed E-state index contributed by atoms with van der Waals surface area (Å²) in [4.78, 5) is 11.6. The summed E-state index contributed by atoms with van der Waals surface area (Å²) in [6, 6.07) is 18.4. The number of benzene rings is 2. The van der Waals surface area contributed by atoms with Crippen molar-refractivity contribution >= 4 is 22.9 Å². The van der Waals surface area contributed by atoms with Crippen molar-refractivity contribution in [2.45, 2.75) is 6.92 Å². The van der Waals surface area contributed by atoms with Gasteiger partial charge in [0.2, 0.25) is 0 Å². The Kier molecular flexibility index (Phi) is 3.73. The van der Waals surface area contributed by atoms with Crippen molar-refractivity contribution in [2.75, 3.05) is 19.1 Å². The molecule has 4 rings (SSSR count). The third kappa shape index (κ3) is 2.66. The van der Waals surface area contributed by atoms with Crippen LogP contribution in [0.25, 0.3) is 0 Å². The molecule has 0 amide bonds. The Morgan fingerprint density at radius 3 is 2.56 bits per heavy atom. The van der Waals surface area contributed by atoms with Crippen LogP contribution in [0.3, 0.4) is 0 Å². The molecule has 0 radical (unpaired) electrons. The summed E-state index contributed by atoms with van der Waals surface area (Å²) in [5, 5.41) is 0. The summed E-state index contributed by atoms with van der Waals surface area (Å²) in [6.07, 6.45) is 1.80. The molecule has 0 spiro atoms. The van der Waals surface area contributed by atoms with Gasteiger partial charge in [-0.3, -0.25) is 0 Å². The van der Waals surface area contributed by atoms with E-state index in [2.05, 4.69) is 35.0 Å². The molecule has 0 fully saturated rings. The molecular formula is C21H19N3O. The molecule has 124 valence electrons. The Hall–Kier alpha value is -3.14. The van der Waals surface area contributed by atoms with Crippen LogP contribution in [-0.4, -0.2) is 24.9 Å². The van der Waals surface area contributed by atoms with Gasteiger partial charge in [-0.25, -0.2) is 9.98 Å². The van der Waals surface area contributed by atoms with Crippen LogP contribution < -0.4 is 9.64 Å². The molecule has 0 atom stereocenters. The van der Waals surface area contributed by atoms with E-state index in [0.29, 0.717) is 0 Å². The molecule has 0 bridgehead atoms. The lowest BCUT2D eigenvalue weighted by atomic mass is 9.98. The van der Waals surface area contributed by atoms with E-state index in [1.54, 1.807) is 13.3 Å². The SMILES string of the molecule is COc1ccc(C2=Nc3cccnc3N(C)c3ccc(C)cc32)cc1. The van der Waals surface area contributed by atoms with Crippen molar-refractivity contribution in [3.8, 4) is 5.75 Å². The molecule has 0 aliphatic carbocycles. The maximum absolute atomic E-state index is 5.28. The van der Waals surface area contributed by atoms with Crippen LogP contribution in [0.4, 0.5) is 17.2 Å². The van der Waals surface area contributed by atoms with Crippen LogP contribution in [0.2, 0.25) is 0 Å². The first kappa shape index (κ1) is 15.4. The van der Waals surface area contributed by atoms with Crippen LogP contribution >= 0.6 is 0 Å². The molecule has 2 aromatic carbocycles. The topological polar surface area (TPSA) is 37.7 Å². The number of aromatic nitrogens is 1. The molecule has 0 saturated heterocycles. The summed E-state index contributed by atoms with van der Waals surface area (Å²) >= 11 is 0. The smallest absolute Gasteiger partial charge is 0.158 e. The molecule has 4 nitrogen and oxygen atoms in total. The molecule has 0 saturated carbocycles. The zero-order valence-electron chi connectivity index (χ0n) is 14.5. The number of hydrogen-bond donors (Lipinski definition) is 0. The predicted molar refractivity (Wildman–Crippen MR) is 102 cm³/mol. The van der Waals surface area contributed by atoms with Crippen molar-refractivity contribution in [1.29, 1.82) is 0 Å². The largest absolute Gasteiger partial charge is 0.497 e. The highest BCUT2D eigenvalue weighted by Gasteiger charge is 2.22. The van der Waals surface area contributed by atoms with E-state index < -0.39 is 0 Å². The highest BCUT2D eigenvalue weighted by Crippen LogP contribution is 2.38. The molecular weight excluding hydrogens is 310 g/mol. The van der Waals surface area contributed by atoms with E-state index in [-0.39, 0.29) is 0 Å². The number of aryl methyl sites for hydroxylation is 1. The maximum atomic E-state index is 5.28. The highest BCUT2D eigenvalue weighted by atomic mass is 16.5. The predicted octanol–water partition coefficient (Wildman–Crippen LogP) is 4.65. The molecule has 1 aromatic heterocycles. The first-order chi connectivity index (χ1) is 12.2. The van der Waals surface area contributed by atoms with Crippen molar-refractivity contribution in [3.63, 3.8) is 0 Å². The summed E-state index contributed by atoms with van der Waals surface area (Å²) < 4.78 is 5.28. The Labute approximate surface area is 147 Å². The van der Waals surface area contributed by atoms with Gasteiger partial charge in [0.25, 0.3) is 0 Å². The third-order valence-corrected chi connectivity index (χ3v) is 4.45. The van der Waals surface area contributed by atoms with E-state index in [1.165, 1.54) is 5.56 Å². The van der Waals surface area contributed by atoms with Gasteiger partial charge in [0.15, 0.2) is 5.82 Å². The molecule has 25 heavy (non-hydrogen) atoms.